The van der Waals surface area contributed by atoms with Crippen molar-refractivity contribution < 1.29 is 4.42 Å². The Balaban J connectivity index is 1.10. The van der Waals surface area contributed by atoms with E-state index in [1.807, 2.05) is 48.8 Å². The molecule has 0 fully saturated rings. The molecular weight excluding hydrogens is 757 g/mol. The van der Waals surface area contributed by atoms with Crippen LogP contribution in [0, 0.1) is 0 Å². The molecule has 0 N–H and O–H groups in total. The fourth-order valence-electron chi connectivity index (χ4n) is 10.2. The highest BCUT2D eigenvalue weighted by Crippen LogP contribution is 2.62. The summed E-state index contributed by atoms with van der Waals surface area (Å²) in [5.74, 6) is 0.607. The molecule has 0 bridgehead atoms. The number of nitrogens with zero attached hydrogens (tertiary/aromatic N) is 4. The van der Waals surface area contributed by atoms with Crippen LogP contribution in [0.5, 0.6) is 0 Å². The smallest absolute Gasteiger partial charge is 0.161 e. The predicted octanol–water partition coefficient (Wildman–Crippen LogP) is 13.8. The van der Waals surface area contributed by atoms with Crippen LogP contribution in [0.4, 0.5) is 0 Å². The third kappa shape index (κ3) is 5.02. The van der Waals surface area contributed by atoms with Gasteiger partial charge in [-0.3, -0.25) is 9.97 Å². The van der Waals surface area contributed by atoms with E-state index in [9.17, 15) is 0 Å². The molecule has 11 aromatic rings. The maximum atomic E-state index is 6.69. The van der Waals surface area contributed by atoms with Crippen molar-refractivity contribution >= 4 is 21.9 Å². The van der Waals surface area contributed by atoms with Gasteiger partial charge in [-0.2, -0.15) is 0 Å². The Bertz CT molecular complexity index is 3580. The van der Waals surface area contributed by atoms with Gasteiger partial charge >= 0.3 is 0 Å². The summed E-state index contributed by atoms with van der Waals surface area (Å²) in [4.78, 5) is 19.7. The molecule has 5 nitrogen and oxygen atoms in total. The lowest BCUT2D eigenvalue weighted by Gasteiger charge is -2.35. The molecule has 7 aromatic carbocycles. The Labute approximate surface area is 357 Å². The summed E-state index contributed by atoms with van der Waals surface area (Å²) in [6, 6.07) is 67.3. The van der Waals surface area contributed by atoms with Crippen molar-refractivity contribution in [3.63, 3.8) is 0 Å². The third-order valence-electron chi connectivity index (χ3n) is 12.9. The summed E-state index contributed by atoms with van der Waals surface area (Å²) < 4.78 is 6.69. The first kappa shape index (κ1) is 34.6. The van der Waals surface area contributed by atoms with Crippen LogP contribution in [-0.2, 0) is 5.41 Å². The van der Waals surface area contributed by atoms with E-state index in [1.54, 1.807) is 6.20 Å². The monoisotopic (exact) mass is 790 g/mol. The van der Waals surface area contributed by atoms with E-state index in [0.717, 1.165) is 61.3 Å². The van der Waals surface area contributed by atoms with Gasteiger partial charge in [0.15, 0.2) is 5.82 Å². The second-order valence-electron chi connectivity index (χ2n) is 16.1. The van der Waals surface area contributed by atoms with Gasteiger partial charge < -0.3 is 4.42 Å². The third-order valence-corrected chi connectivity index (χ3v) is 12.9. The van der Waals surface area contributed by atoms with Gasteiger partial charge in [-0.05, 0) is 110 Å². The van der Waals surface area contributed by atoms with Crippen LogP contribution in [0.25, 0.3) is 100 Å². The van der Waals surface area contributed by atoms with Gasteiger partial charge in [-0.1, -0.05) is 133 Å². The standard InChI is InChI=1S/C57H34N4O/c1-2-13-35(14-3-1)52-32-53(61-56(60-52)38-25-27-51(59-34-38)37-15-12-28-58-33-37)36-24-26-43-40-17-5-4-16-39(40)41-18-6-9-21-47(41)57(49(43)29-36)48-22-10-7-19-42(48)45-30-46-44-20-8-11-23-54(44)62-55(46)31-50(45)57/h1-34H. The predicted molar refractivity (Wildman–Crippen MR) is 248 cm³/mol. The molecule has 1 atom stereocenters. The SMILES string of the molecule is c1ccc(-c2cc(-c3ccc4c(c3)C3(c5ccccc5-c5ccccc5-4)c4ccccc4-c4cc5c(cc43)oc3ccccc35)nc(-c3ccc(-c4cccnc4)nc3)n2)cc1. The first-order valence-corrected chi connectivity index (χ1v) is 20.9. The highest BCUT2D eigenvalue weighted by Gasteiger charge is 2.50. The molecule has 0 aliphatic heterocycles. The summed E-state index contributed by atoms with van der Waals surface area (Å²) in [6.07, 6.45) is 5.46. The number of aromatic nitrogens is 4. The zero-order chi connectivity index (χ0) is 40.8. The van der Waals surface area contributed by atoms with Crippen LogP contribution in [-0.4, -0.2) is 19.9 Å². The molecule has 0 saturated heterocycles. The molecule has 1 spiro atoms. The fourth-order valence-corrected chi connectivity index (χ4v) is 10.2. The van der Waals surface area contributed by atoms with E-state index >= 15 is 0 Å². The summed E-state index contributed by atoms with van der Waals surface area (Å²) >= 11 is 0. The number of rotatable bonds is 4. The van der Waals surface area contributed by atoms with Gasteiger partial charge in [-0.25, -0.2) is 9.97 Å². The second kappa shape index (κ2) is 13.4. The average Bonchev–Trinajstić information content (AvgIpc) is 3.82. The van der Waals surface area contributed by atoms with E-state index in [1.165, 1.54) is 55.6 Å². The second-order valence-corrected chi connectivity index (χ2v) is 16.1. The number of hydrogen-bond donors (Lipinski definition) is 0. The molecule has 0 amide bonds. The first-order chi connectivity index (χ1) is 30.7. The Morgan fingerprint density at radius 1 is 0.355 bits per heavy atom. The molecule has 4 aromatic heterocycles. The molecule has 13 rings (SSSR count). The van der Waals surface area contributed by atoms with Crippen LogP contribution < -0.4 is 0 Å². The van der Waals surface area contributed by atoms with Gasteiger partial charge in [0, 0.05) is 51.6 Å². The number of fused-ring (bicyclic) bond motifs is 15. The highest BCUT2D eigenvalue weighted by molar-refractivity contribution is 6.09. The Kier molecular flexibility index (Phi) is 7.45. The molecule has 4 heterocycles. The molecular formula is C57H34N4O. The fraction of sp³-hybridized carbons (Fsp3) is 0.0175. The Morgan fingerprint density at radius 2 is 0.984 bits per heavy atom. The molecule has 62 heavy (non-hydrogen) atoms. The van der Waals surface area contributed by atoms with Crippen LogP contribution >= 0.6 is 0 Å². The topological polar surface area (TPSA) is 64.7 Å². The van der Waals surface area contributed by atoms with Gasteiger partial charge in [0.25, 0.3) is 0 Å². The highest BCUT2D eigenvalue weighted by atomic mass is 16.3. The van der Waals surface area contributed by atoms with Gasteiger partial charge in [-0.15, -0.1) is 0 Å². The maximum absolute atomic E-state index is 6.69. The molecule has 0 saturated carbocycles. The van der Waals surface area contributed by atoms with E-state index in [-0.39, 0.29) is 0 Å². The molecule has 288 valence electrons. The van der Waals surface area contributed by atoms with Gasteiger partial charge in [0.05, 0.1) is 22.5 Å². The van der Waals surface area contributed by atoms with Crippen molar-refractivity contribution in [2.75, 3.05) is 0 Å². The van der Waals surface area contributed by atoms with Crippen LogP contribution in [0.15, 0.2) is 211 Å². The summed E-state index contributed by atoms with van der Waals surface area (Å²) in [6.45, 7) is 0. The molecule has 5 heteroatoms. The van der Waals surface area contributed by atoms with Gasteiger partial charge in [0.2, 0.25) is 0 Å². The van der Waals surface area contributed by atoms with Crippen LogP contribution in [0.2, 0.25) is 0 Å². The Morgan fingerprint density at radius 3 is 1.73 bits per heavy atom. The van der Waals surface area contributed by atoms with E-state index < -0.39 is 5.41 Å². The summed E-state index contributed by atoms with van der Waals surface area (Å²) in [5, 5.41) is 2.24. The molecule has 0 radical (unpaired) electrons. The minimum Gasteiger partial charge on any atom is -0.456 e. The van der Waals surface area contributed by atoms with Crippen molar-refractivity contribution in [2.24, 2.45) is 0 Å². The molecule has 2 aliphatic carbocycles. The van der Waals surface area contributed by atoms with Gasteiger partial charge in [0.1, 0.15) is 11.2 Å². The number of benzene rings is 7. The quantitative estimate of drug-likeness (QED) is 0.178. The zero-order valence-electron chi connectivity index (χ0n) is 33.3. The largest absolute Gasteiger partial charge is 0.456 e. The lowest BCUT2D eigenvalue weighted by Crippen LogP contribution is -2.29. The first-order valence-electron chi connectivity index (χ1n) is 20.9. The lowest BCUT2D eigenvalue weighted by molar-refractivity contribution is 0.666. The van der Waals surface area contributed by atoms with E-state index in [0.29, 0.717) is 5.82 Å². The molecule has 1 unspecified atom stereocenters. The summed E-state index contributed by atoms with van der Waals surface area (Å²) in [7, 11) is 0. The van der Waals surface area contributed by atoms with Crippen molar-refractivity contribution in [3.8, 4) is 78.5 Å². The van der Waals surface area contributed by atoms with Crippen molar-refractivity contribution in [1.82, 2.24) is 19.9 Å². The number of hydrogen-bond acceptors (Lipinski definition) is 5. The van der Waals surface area contributed by atoms with Crippen molar-refractivity contribution in [3.05, 3.63) is 229 Å². The van der Waals surface area contributed by atoms with E-state index in [2.05, 4.69) is 157 Å². The number of furan rings is 1. The normalized spacial score (nSPS) is 14.5. The lowest BCUT2D eigenvalue weighted by atomic mass is 9.65. The van der Waals surface area contributed by atoms with Crippen molar-refractivity contribution in [2.45, 2.75) is 5.41 Å². The number of para-hydroxylation sites is 1. The van der Waals surface area contributed by atoms with Crippen LogP contribution in [0.1, 0.15) is 22.3 Å². The average molecular weight is 791 g/mol. The van der Waals surface area contributed by atoms with E-state index in [4.69, 9.17) is 19.4 Å². The Hall–Kier alpha value is -8.28. The molecule has 2 aliphatic rings. The minimum absolute atomic E-state index is 0.607. The van der Waals surface area contributed by atoms with Crippen LogP contribution in [0.3, 0.4) is 0 Å². The maximum Gasteiger partial charge on any atom is 0.161 e. The minimum atomic E-state index is -0.704. The van der Waals surface area contributed by atoms with Crippen molar-refractivity contribution in [1.29, 1.82) is 0 Å². The number of pyridine rings is 2. The summed E-state index contributed by atoms with van der Waals surface area (Å²) in [5.41, 5.74) is 19.5. The zero-order valence-corrected chi connectivity index (χ0v) is 33.3.